The molecule has 2 heterocycles. The van der Waals surface area contributed by atoms with Crippen molar-refractivity contribution in [2.75, 3.05) is 4.90 Å². The van der Waals surface area contributed by atoms with Gasteiger partial charge in [-0.25, -0.2) is 0 Å². The third-order valence-corrected chi connectivity index (χ3v) is 5.79. The molecule has 1 aliphatic rings. The lowest BCUT2D eigenvalue weighted by atomic mass is 9.91. The molecule has 0 radical (unpaired) electrons. The van der Waals surface area contributed by atoms with Crippen LogP contribution in [-0.2, 0) is 6.54 Å². The molecule has 0 amide bonds. The van der Waals surface area contributed by atoms with Gasteiger partial charge >= 0.3 is 0 Å². The maximum absolute atomic E-state index is 9.90. The molecule has 1 aromatic heterocycles. The van der Waals surface area contributed by atoms with Crippen LogP contribution >= 0.6 is 0 Å². The van der Waals surface area contributed by atoms with Gasteiger partial charge in [-0.05, 0) is 65.2 Å². The Morgan fingerprint density at radius 2 is 1.38 bits per heavy atom. The molecule has 2 N–H and O–H groups in total. The zero-order chi connectivity index (χ0) is 23.3. The molecule has 0 bridgehead atoms. The number of hydrogen-bond donors (Lipinski definition) is 2. The lowest BCUT2D eigenvalue weighted by Gasteiger charge is -2.29. The minimum Gasteiger partial charge on any atom is -0.508 e. The van der Waals surface area contributed by atoms with Crippen molar-refractivity contribution in [2.45, 2.75) is 6.54 Å². The number of hydrogen-bond acceptors (Lipinski definition) is 4. The highest BCUT2D eigenvalue weighted by molar-refractivity contribution is 5.85. The molecule has 0 saturated heterocycles. The van der Waals surface area contributed by atoms with Crippen LogP contribution in [0.2, 0.25) is 0 Å². The van der Waals surface area contributed by atoms with E-state index >= 15 is 0 Å². The van der Waals surface area contributed by atoms with E-state index in [2.05, 4.69) is 40.3 Å². The summed E-state index contributed by atoms with van der Waals surface area (Å²) in [6.07, 6.45) is 3.91. The molecule has 6 rings (SSSR count). The number of fused-ring (bicyclic) bond motifs is 2. The Bertz CT molecular complexity index is 1380. The van der Waals surface area contributed by atoms with Gasteiger partial charge < -0.3 is 15.1 Å². The second-order valence-corrected chi connectivity index (χ2v) is 8.09. The van der Waals surface area contributed by atoms with Crippen LogP contribution in [0.25, 0.3) is 16.5 Å². The standard InChI is InChI=1S/C21H17NO2.C9H7N/c23-18-10-7-17(8-11-18)22-13-16-6-9-19(24)12-20(16)21(14-22)15-4-2-1-3-5-15;1-2-6-9-8(4-1)5-3-7-10-9/h1-12,14,23-24H,13H2;1-7H. The highest BCUT2D eigenvalue weighted by Crippen LogP contribution is 2.36. The van der Waals surface area contributed by atoms with Crippen molar-refractivity contribution < 1.29 is 10.2 Å². The van der Waals surface area contributed by atoms with Crippen LogP contribution in [0.1, 0.15) is 16.7 Å². The fraction of sp³-hybridized carbons (Fsp3) is 0.0333. The number of para-hydroxylation sites is 1. The molecule has 34 heavy (non-hydrogen) atoms. The van der Waals surface area contributed by atoms with Crippen LogP contribution in [0.3, 0.4) is 0 Å². The maximum Gasteiger partial charge on any atom is 0.116 e. The summed E-state index contributed by atoms with van der Waals surface area (Å²) in [4.78, 5) is 6.34. The fourth-order valence-corrected chi connectivity index (χ4v) is 4.08. The topological polar surface area (TPSA) is 56.6 Å². The molecule has 4 heteroatoms. The predicted molar refractivity (Wildman–Crippen MR) is 138 cm³/mol. The fourth-order valence-electron chi connectivity index (χ4n) is 4.08. The van der Waals surface area contributed by atoms with Gasteiger partial charge in [-0.15, -0.1) is 0 Å². The lowest BCUT2D eigenvalue weighted by molar-refractivity contribution is 0.474. The summed E-state index contributed by atoms with van der Waals surface area (Å²) in [5.41, 5.74) is 6.46. The van der Waals surface area contributed by atoms with Crippen LogP contribution in [0.15, 0.2) is 122 Å². The first-order valence-corrected chi connectivity index (χ1v) is 11.1. The monoisotopic (exact) mass is 444 g/mol. The van der Waals surface area contributed by atoms with E-state index in [1.165, 1.54) is 5.39 Å². The van der Waals surface area contributed by atoms with E-state index in [9.17, 15) is 10.2 Å². The molecule has 0 unspecified atom stereocenters. The van der Waals surface area contributed by atoms with Crippen LogP contribution in [0, 0.1) is 0 Å². The summed E-state index contributed by atoms with van der Waals surface area (Å²) in [6.45, 7) is 0.719. The third kappa shape index (κ3) is 4.62. The number of aromatic nitrogens is 1. The maximum atomic E-state index is 9.90. The van der Waals surface area contributed by atoms with Gasteiger partial charge in [0.25, 0.3) is 0 Å². The molecule has 0 saturated carbocycles. The summed E-state index contributed by atoms with van der Waals surface area (Å²) in [5, 5.41) is 20.6. The Labute approximate surface area is 198 Å². The molecule has 5 aromatic rings. The summed E-state index contributed by atoms with van der Waals surface area (Å²) in [5.74, 6) is 0.530. The second-order valence-electron chi connectivity index (χ2n) is 8.09. The van der Waals surface area contributed by atoms with Gasteiger partial charge in [0.15, 0.2) is 0 Å². The summed E-state index contributed by atoms with van der Waals surface area (Å²) >= 11 is 0. The number of aromatic hydroxyl groups is 2. The number of pyridine rings is 1. The zero-order valence-corrected chi connectivity index (χ0v) is 18.5. The number of anilines is 1. The largest absolute Gasteiger partial charge is 0.508 e. The molecule has 4 nitrogen and oxygen atoms in total. The van der Waals surface area contributed by atoms with Gasteiger partial charge in [0.1, 0.15) is 11.5 Å². The quantitative estimate of drug-likeness (QED) is 0.316. The average molecular weight is 445 g/mol. The summed E-state index contributed by atoms with van der Waals surface area (Å²) in [7, 11) is 0. The highest BCUT2D eigenvalue weighted by atomic mass is 16.3. The Morgan fingerprint density at radius 3 is 2.18 bits per heavy atom. The number of phenolic OH excluding ortho intramolecular Hbond substituents is 2. The van der Waals surface area contributed by atoms with E-state index in [1.807, 2.05) is 72.9 Å². The van der Waals surface area contributed by atoms with Crippen molar-refractivity contribution in [1.82, 2.24) is 4.98 Å². The Hall–Kier alpha value is -4.57. The van der Waals surface area contributed by atoms with E-state index in [4.69, 9.17) is 0 Å². The SMILES string of the molecule is Oc1ccc(N2C=C(c3ccccc3)c3cc(O)ccc3C2)cc1.c1ccc2ncccc2c1. The van der Waals surface area contributed by atoms with Crippen molar-refractivity contribution in [3.63, 3.8) is 0 Å². The minimum atomic E-state index is 0.258. The first-order chi connectivity index (χ1) is 16.7. The first kappa shape index (κ1) is 21.3. The number of phenols is 2. The molecular formula is C30H24N2O2. The number of nitrogens with zero attached hydrogens (tertiary/aromatic N) is 2. The first-order valence-electron chi connectivity index (χ1n) is 11.1. The van der Waals surface area contributed by atoms with Crippen LogP contribution in [0.5, 0.6) is 11.5 Å². The summed E-state index contributed by atoms with van der Waals surface area (Å²) in [6, 6.07) is 34.9. The number of benzene rings is 4. The van der Waals surface area contributed by atoms with Gasteiger partial charge in [-0.3, -0.25) is 4.98 Å². The van der Waals surface area contributed by atoms with Gasteiger partial charge in [0.05, 0.1) is 5.52 Å². The van der Waals surface area contributed by atoms with Crippen LogP contribution in [-0.4, -0.2) is 15.2 Å². The van der Waals surface area contributed by atoms with Crippen molar-refractivity contribution >= 4 is 22.2 Å². The average Bonchev–Trinajstić information content (AvgIpc) is 2.89. The number of rotatable bonds is 2. The molecule has 166 valence electrons. The zero-order valence-electron chi connectivity index (χ0n) is 18.5. The second kappa shape index (κ2) is 9.51. The third-order valence-electron chi connectivity index (χ3n) is 5.79. The van der Waals surface area contributed by atoms with Crippen molar-refractivity contribution in [3.05, 3.63) is 138 Å². The van der Waals surface area contributed by atoms with Crippen LogP contribution in [0.4, 0.5) is 5.69 Å². The normalized spacial score (nSPS) is 12.4. The molecule has 1 aliphatic heterocycles. The predicted octanol–water partition coefficient (Wildman–Crippen LogP) is 6.74. The minimum absolute atomic E-state index is 0.258. The smallest absolute Gasteiger partial charge is 0.116 e. The molecule has 0 fully saturated rings. The Balaban J connectivity index is 0.000000200. The van der Waals surface area contributed by atoms with Crippen molar-refractivity contribution in [2.24, 2.45) is 0 Å². The van der Waals surface area contributed by atoms with Crippen molar-refractivity contribution in [3.8, 4) is 11.5 Å². The molecule has 0 spiro atoms. The Morgan fingerprint density at radius 1 is 0.676 bits per heavy atom. The van der Waals surface area contributed by atoms with E-state index in [1.54, 1.807) is 18.2 Å². The molecule has 0 atom stereocenters. The Kier molecular flexibility index (Phi) is 5.95. The lowest BCUT2D eigenvalue weighted by Crippen LogP contribution is -2.21. The van der Waals surface area contributed by atoms with Gasteiger partial charge in [-0.2, -0.15) is 0 Å². The van der Waals surface area contributed by atoms with E-state index in [0.29, 0.717) is 0 Å². The summed E-state index contributed by atoms with van der Waals surface area (Å²) < 4.78 is 0. The van der Waals surface area contributed by atoms with Gasteiger partial charge in [0, 0.05) is 35.6 Å². The van der Waals surface area contributed by atoms with Crippen LogP contribution < -0.4 is 4.90 Å². The molecular weight excluding hydrogens is 420 g/mol. The van der Waals surface area contributed by atoms with E-state index in [0.717, 1.165) is 40.0 Å². The van der Waals surface area contributed by atoms with E-state index in [-0.39, 0.29) is 11.5 Å². The molecule has 4 aromatic carbocycles. The van der Waals surface area contributed by atoms with Gasteiger partial charge in [-0.1, -0.05) is 60.7 Å². The van der Waals surface area contributed by atoms with E-state index < -0.39 is 0 Å². The van der Waals surface area contributed by atoms with Gasteiger partial charge in [0.2, 0.25) is 0 Å². The molecule has 0 aliphatic carbocycles. The van der Waals surface area contributed by atoms with Crippen molar-refractivity contribution in [1.29, 1.82) is 0 Å². The highest BCUT2D eigenvalue weighted by Gasteiger charge is 2.20.